The summed E-state index contributed by atoms with van der Waals surface area (Å²) >= 11 is 6.10. The molecular formula is C16H16ClFO2. The molecule has 0 unspecified atom stereocenters. The summed E-state index contributed by atoms with van der Waals surface area (Å²) in [6, 6.07) is 8.04. The van der Waals surface area contributed by atoms with Crippen molar-refractivity contribution in [1.82, 2.24) is 0 Å². The average molecular weight is 295 g/mol. The van der Waals surface area contributed by atoms with Gasteiger partial charge in [-0.15, -0.1) is 0 Å². The zero-order valence-corrected chi connectivity index (χ0v) is 12.3. The van der Waals surface area contributed by atoms with Crippen LogP contribution in [0.3, 0.4) is 0 Å². The van der Waals surface area contributed by atoms with E-state index in [2.05, 4.69) is 0 Å². The number of aryl methyl sites for hydroxylation is 2. The minimum atomic E-state index is -0.944. The van der Waals surface area contributed by atoms with Crippen LogP contribution in [-0.2, 0) is 0 Å². The van der Waals surface area contributed by atoms with Gasteiger partial charge in [-0.1, -0.05) is 17.7 Å². The highest BCUT2D eigenvalue weighted by Crippen LogP contribution is 2.34. The Kier molecular flexibility index (Phi) is 4.31. The number of rotatable bonds is 3. The van der Waals surface area contributed by atoms with Crippen molar-refractivity contribution in [2.75, 3.05) is 0 Å². The second-order valence-corrected chi connectivity index (χ2v) is 5.18. The lowest BCUT2D eigenvalue weighted by molar-refractivity contribution is 0.190. The van der Waals surface area contributed by atoms with Crippen LogP contribution in [0.1, 0.15) is 29.7 Å². The number of hydrogen-bond donors (Lipinski definition) is 1. The third-order valence-electron chi connectivity index (χ3n) is 3.07. The van der Waals surface area contributed by atoms with E-state index in [4.69, 9.17) is 16.3 Å². The van der Waals surface area contributed by atoms with Gasteiger partial charge >= 0.3 is 0 Å². The molecule has 0 heterocycles. The second kappa shape index (κ2) is 5.81. The maximum Gasteiger partial charge on any atom is 0.136 e. The molecule has 2 nitrogen and oxygen atoms in total. The molecular weight excluding hydrogens is 279 g/mol. The molecule has 0 aromatic heterocycles. The second-order valence-electron chi connectivity index (χ2n) is 4.80. The van der Waals surface area contributed by atoms with E-state index in [1.165, 1.54) is 13.0 Å². The monoisotopic (exact) mass is 294 g/mol. The molecule has 0 aliphatic rings. The van der Waals surface area contributed by atoms with Crippen molar-refractivity contribution in [3.05, 3.63) is 57.9 Å². The fourth-order valence-electron chi connectivity index (χ4n) is 2.10. The first kappa shape index (κ1) is 14.8. The molecule has 2 aromatic carbocycles. The number of hydrogen-bond acceptors (Lipinski definition) is 2. The van der Waals surface area contributed by atoms with Crippen LogP contribution in [0.4, 0.5) is 4.39 Å². The van der Waals surface area contributed by atoms with Gasteiger partial charge in [-0.2, -0.15) is 0 Å². The van der Waals surface area contributed by atoms with Crippen LogP contribution in [0.2, 0.25) is 5.02 Å². The summed E-state index contributed by atoms with van der Waals surface area (Å²) in [6.45, 7) is 5.26. The molecule has 106 valence electrons. The predicted octanol–water partition coefficient (Wildman–Crippen LogP) is 4.94. The Balaban J connectivity index is 2.43. The highest BCUT2D eigenvalue weighted by Gasteiger charge is 2.15. The van der Waals surface area contributed by atoms with Gasteiger partial charge in [0.1, 0.15) is 17.3 Å². The minimum absolute atomic E-state index is 0.151. The van der Waals surface area contributed by atoms with Crippen molar-refractivity contribution in [2.24, 2.45) is 0 Å². The molecule has 0 bridgehead atoms. The SMILES string of the molecule is Cc1cc(Oc2cccc(F)c2[C@@H](C)O)cc(C)c1Cl. The van der Waals surface area contributed by atoms with Gasteiger partial charge in [-0.05, 0) is 56.2 Å². The van der Waals surface area contributed by atoms with Crippen molar-refractivity contribution in [3.8, 4) is 11.5 Å². The average Bonchev–Trinajstić information content (AvgIpc) is 2.35. The zero-order chi connectivity index (χ0) is 14.9. The molecule has 0 spiro atoms. The molecule has 0 fully saturated rings. The summed E-state index contributed by atoms with van der Waals surface area (Å²) in [5.41, 5.74) is 1.92. The molecule has 0 aliphatic carbocycles. The van der Waals surface area contributed by atoms with Gasteiger partial charge in [-0.25, -0.2) is 4.39 Å². The van der Waals surface area contributed by atoms with Gasteiger partial charge in [0.05, 0.1) is 11.7 Å². The Morgan fingerprint density at radius 1 is 1.20 bits per heavy atom. The molecule has 0 radical (unpaired) electrons. The topological polar surface area (TPSA) is 29.5 Å². The van der Waals surface area contributed by atoms with E-state index >= 15 is 0 Å². The molecule has 0 saturated carbocycles. The number of aliphatic hydroxyl groups is 1. The number of ether oxygens (including phenoxy) is 1. The molecule has 0 amide bonds. The van der Waals surface area contributed by atoms with Crippen LogP contribution in [0, 0.1) is 19.7 Å². The van der Waals surface area contributed by atoms with Crippen molar-refractivity contribution >= 4 is 11.6 Å². The van der Waals surface area contributed by atoms with E-state index in [1.807, 2.05) is 13.8 Å². The number of aliphatic hydroxyl groups excluding tert-OH is 1. The van der Waals surface area contributed by atoms with Gasteiger partial charge < -0.3 is 9.84 Å². The first-order valence-corrected chi connectivity index (χ1v) is 6.69. The van der Waals surface area contributed by atoms with E-state index in [0.29, 0.717) is 16.5 Å². The summed E-state index contributed by atoms with van der Waals surface area (Å²) in [5.74, 6) is 0.387. The summed E-state index contributed by atoms with van der Waals surface area (Å²) in [7, 11) is 0. The van der Waals surface area contributed by atoms with Gasteiger partial charge in [-0.3, -0.25) is 0 Å². The van der Waals surface area contributed by atoms with Crippen molar-refractivity contribution in [3.63, 3.8) is 0 Å². The molecule has 20 heavy (non-hydrogen) atoms. The first-order valence-electron chi connectivity index (χ1n) is 6.31. The predicted molar refractivity (Wildman–Crippen MR) is 78.0 cm³/mol. The van der Waals surface area contributed by atoms with Gasteiger partial charge in [0.2, 0.25) is 0 Å². The van der Waals surface area contributed by atoms with Crippen LogP contribution in [0.5, 0.6) is 11.5 Å². The molecule has 4 heteroatoms. The summed E-state index contributed by atoms with van der Waals surface area (Å²) in [5, 5.41) is 10.4. The standard InChI is InChI=1S/C16H16ClFO2/c1-9-7-12(8-10(2)16(9)17)20-14-6-4-5-13(18)15(14)11(3)19/h4-8,11,19H,1-3H3/t11-/m1/s1. The molecule has 2 aromatic rings. The largest absolute Gasteiger partial charge is 0.457 e. The fraction of sp³-hybridized carbons (Fsp3) is 0.250. The van der Waals surface area contributed by atoms with E-state index in [0.717, 1.165) is 11.1 Å². The van der Waals surface area contributed by atoms with Gasteiger partial charge in [0, 0.05) is 5.02 Å². The van der Waals surface area contributed by atoms with Crippen LogP contribution in [0.25, 0.3) is 0 Å². The van der Waals surface area contributed by atoms with Crippen molar-refractivity contribution in [2.45, 2.75) is 26.9 Å². The lowest BCUT2D eigenvalue weighted by Crippen LogP contribution is -2.00. The van der Waals surface area contributed by atoms with E-state index < -0.39 is 11.9 Å². The highest BCUT2D eigenvalue weighted by molar-refractivity contribution is 6.32. The lowest BCUT2D eigenvalue weighted by atomic mass is 10.1. The Bertz CT molecular complexity index is 615. The van der Waals surface area contributed by atoms with Crippen molar-refractivity contribution in [1.29, 1.82) is 0 Å². The first-order chi connectivity index (χ1) is 9.40. The van der Waals surface area contributed by atoms with E-state index in [9.17, 15) is 9.50 Å². The normalized spacial score (nSPS) is 12.3. The molecule has 0 saturated heterocycles. The Hall–Kier alpha value is -1.58. The Morgan fingerprint density at radius 2 is 1.80 bits per heavy atom. The summed E-state index contributed by atoms with van der Waals surface area (Å²) in [6.07, 6.45) is -0.944. The summed E-state index contributed by atoms with van der Waals surface area (Å²) in [4.78, 5) is 0. The van der Waals surface area contributed by atoms with Gasteiger partial charge in [0.15, 0.2) is 0 Å². The van der Waals surface area contributed by atoms with Crippen LogP contribution in [-0.4, -0.2) is 5.11 Å². The van der Waals surface area contributed by atoms with Crippen LogP contribution in [0.15, 0.2) is 30.3 Å². The van der Waals surface area contributed by atoms with Crippen LogP contribution < -0.4 is 4.74 Å². The molecule has 1 atom stereocenters. The molecule has 0 aliphatic heterocycles. The van der Waals surface area contributed by atoms with Gasteiger partial charge in [0.25, 0.3) is 0 Å². The minimum Gasteiger partial charge on any atom is -0.457 e. The Labute approximate surface area is 122 Å². The van der Waals surface area contributed by atoms with E-state index in [1.54, 1.807) is 24.3 Å². The van der Waals surface area contributed by atoms with Crippen LogP contribution >= 0.6 is 11.6 Å². The lowest BCUT2D eigenvalue weighted by Gasteiger charge is -2.15. The Morgan fingerprint density at radius 3 is 2.35 bits per heavy atom. The quantitative estimate of drug-likeness (QED) is 0.868. The zero-order valence-electron chi connectivity index (χ0n) is 11.6. The number of halogens is 2. The smallest absolute Gasteiger partial charge is 0.136 e. The number of benzene rings is 2. The third-order valence-corrected chi connectivity index (χ3v) is 3.66. The fourth-order valence-corrected chi connectivity index (χ4v) is 2.21. The van der Waals surface area contributed by atoms with E-state index in [-0.39, 0.29) is 5.56 Å². The highest BCUT2D eigenvalue weighted by atomic mass is 35.5. The maximum atomic E-state index is 13.8. The summed E-state index contributed by atoms with van der Waals surface area (Å²) < 4.78 is 19.5. The maximum absolute atomic E-state index is 13.8. The molecule has 1 N–H and O–H groups in total. The molecule has 2 rings (SSSR count). The third kappa shape index (κ3) is 2.94. The van der Waals surface area contributed by atoms with Crippen molar-refractivity contribution < 1.29 is 14.2 Å².